The molecule has 0 aromatic rings. The third-order valence-electron chi connectivity index (χ3n) is 1.10. The highest BCUT2D eigenvalue weighted by atomic mass is 16.2. The molecule has 0 radical (unpaired) electrons. The molecule has 0 saturated carbocycles. The van der Waals surface area contributed by atoms with Crippen LogP contribution in [0.15, 0.2) is 0 Å². The molecule has 0 aliphatic heterocycles. The van der Waals surface area contributed by atoms with Crippen molar-refractivity contribution < 1.29 is 14.4 Å². The average molecular weight is 172 g/mol. The van der Waals surface area contributed by atoms with Crippen LogP contribution in [-0.2, 0) is 14.4 Å². The van der Waals surface area contributed by atoms with Crippen molar-refractivity contribution in [3.63, 3.8) is 0 Å². The third-order valence-corrected chi connectivity index (χ3v) is 1.10. The van der Waals surface area contributed by atoms with Crippen molar-refractivity contribution in [1.82, 2.24) is 10.6 Å². The molecule has 0 aromatic carbocycles. The van der Waals surface area contributed by atoms with Gasteiger partial charge in [0.25, 0.3) is 0 Å². The van der Waals surface area contributed by atoms with E-state index in [0.717, 1.165) is 0 Å². The van der Waals surface area contributed by atoms with Crippen LogP contribution in [0.5, 0.6) is 0 Å². The highest BCUT2D eigenvalue weighted by Gasteiger charge is 2.14. The summed E-state index contributed by atoms with van der Waals surface area (Å²) < 4.78 is 0. The number of Topliss-reactive ketones (excluding diaryl/α,β-unsaturated/α-hetero) is 1. The predicted molar refractivity (Wildman–Crippen MR) is 42.1 cm³/mol. The molecule has 0 bridgehead atoms. The monoisotopic (exact) mass is 172 g/mol. The van der Waals surface area contributed by atoms with Gasteiger partial charge in [-0.15, -0.1) is 0 Å². The zero-order chi connectivity index (χ0) is 9.72. The van der Waals surface area contributed by atoms with Crippen molar-refractivity contribution in [2.45, 2.75) is 26.9 Å². The van der Waals surface area contributed by atoms with E-state index in [1.807, 2.05) is 0 Å². The Bertz CT molecular complexity index is 197. The van der Waals surface area contributed by atoms with E-state index in [1.54, 1.807) is 0 Å². The Morgan fingerprint density at radius 1 is 0.917 bits per heavy atom. The Balaban J connectivity index is 4.14. The van der Waals surface area contributed by atoms with E-state index in [-0.39, 0.29) is 17.6 Å². The van der Waals surface area contributed by atoms with Crippen molar-refractivity contribution in [1.29, 1.82) is 0 Å². The van der Waals surface area contributed by atoms with E-state index in [0.29, 0.717) is 0 Å². The number of rotatable bonds is 3. The van der Waals surface area contributed by atoms with Gasteiger partial charge in [-0.3, -0.25) is 14.4 Å². The molecule has 0 atom stereocenters. The second kappa shape index (κ2) is 4.48. The molecule has 0 aliphatic carbocycles. The number of amides is 2. The lowest BCUT2D eigenvalue weighted by molar-refractivity contribution is -0.129. The summed E-state index contributed by atoms with van der Waals surface area (Å²) in [5, 5.41) is 4.58. The van der Waals surface area contributed by atoms with Crippen LogP contribution >= 0.6 is 0 Å². The zero-order valence-corrected chi connectivity index (χ0v) is 7.30. The van der Waals surface area contributed by atoms with E-state index in [2.05, 4.69) is 10.6 Å². The van der Waals surface area contributed by atoms with Crippen molar-refractivity contribution in [2.24, 2.45) is 0 Å². The minimum absolute atomic E-state index is 0.305. The van der Waals surface area contributed by atoms with E-state index in [9.17, 15) is 14.4 Å². The molecule has 0 spiro atoms. The van der Waals surface area contributed by atoms with Crippen LogP contribution in [0.1, 0.15) is 20.8 Å². The van der Waals surface area contributed by atoms with Gasteiger partial charge in [-0.25, -0.2) is 0 Å². The molecular weight excluding hydrogens is 160 g/mol. The molecule has 2 N–H and O–H groups in total. The topological polar surface area (TPSA) is 75.3 Å². The SMILES string of the molecule is CC(=O)NC(NC(C)=O)C(C)=O. The summed E-state index contributed by atoms with van der Waals surface area (Å²) in [5.41, 5.74) is 0. The normalized spacial score (nSPS) is 9.33. The number of nitrogens with one attached hydrogen (secondary N) is 2. The van der Waals surface area contributed by atoms with Gasteiger partial charge < -0.3 is 10.6 Å². The Hall–Kier alpha value is -1.39. The van der Waals surface area contributed by atoms with Crippen molar-refractivity contribution >= 4 is 17.6 Å². The molecule has 68 valence electrons. The average Bonchev–Trinajstić information content (AvgIpc) is 1.83. The van der Waals surface area contributed by atoms with Crippen molar-refractivity contribution in [3.8, 4) is 0 Å². The highest BCUT2D eigenvalue weighted by Crippen LogP contribution is 1.81. The van der Waals surface area contributed by atoms with Gasteiger partial charge in [-0.05, 0) is 6.92 Å². The van der Waals surface area contributed by atoms with Crippen molar-refractivity contribution in [2.75, 3.05) is 0 Å². The maximum Gasteiger partial charge on any atom is 0.218 e. The molecule has 5 nitrogen and oxygen atoms in total. The minimum Gasteiger partial charge on any atom is -0.330 e. The van der Waals surface area contributed by atoms with Gasteiger partial charge in [0.05, 0.1) is 0 Å². The summed E-state index contributed by atoms with van der Waals surface area (Å²) in [6.45, 7) is 3.84. The van der Waals surface area contributed by atoms with Gasteiger partial charge in [-0.1, -0.05) is 0 Å². The van der Waals surface area contributed by atoms with Crippen LogP contribution in [0.2, 0.25) is 0 Å². The largest absolute Gasteiger partial charge is 0.330 e. The summed E-state index contributed by atoms with van der Waals surface area (Å²) in [6, 6.07) is 0. The van der Waals surface area contributed by atoms with E-state index in [1.165, 1.54) is 20.8 Å². The molecule has 0 unspecified atom stereocenters. The first kappa shape index (κ1) is 10.6. The van der Waals surface area contributed by atoms with E-state index >= 15 is 0 Å². The lowest BCUT2D eigenvalue weighted by Crippen LogP contribution is -2.50. The molecule has 0 rings (SSSR count). The summed E-state index contributed by atoms with van der Waals surface area (Å²) in [5.74, 6) is -1.02. The predicted octanol–water partition coefficient (Wildman–Crippen LogP) is -0.826. The Labute approximate surface area is 70.5 Å². The van der Waals surface area contributed by atoms with Crippen LogP contribution in [-0.4, -0.2) is 23.8 Å². The van der Waals surface area contributed by atoms with Crippen molar-refractivity contribution in [3.05, 3.63) is 0 Å². The quantitative estimate of drug-likeness (QED) is 0.546. The molecule has 0 aliphatic rings. The minimum atomic E-state index is -0.903. The molecular formula is C7H12N2O3. The summed E-state index contributed by atoms with van der Waals surface area (Å²) >= 11 is 0. The number of carbonyl (C=O) groups is 3. The highest BCUT2D eigenvalue weighted by molar-refractivity contribution is 5.89. The zero-order valence-electron chi connectivity index (χ0n) is 7.30. The molecule has 12 heavy (non-hydrogen) atoms. The number of carbonyl (C=O) groups excluding carboxylic acids is 3. The first-order valence-corrected chi connectivity index (χ1v) is 3.48. The first-order chi connectivity index (χ1) is 5.43. The smallest absolute Gasteiger partial charge is 0.218 e. The van der Waals surface area contributed by atoms with E-state index < -0.39 is 6.17 Å². The first-order valence-electron chi connectivity index (χ1n) is 3.48. The molecule has 0 saturated heterocycles. The van der Waals surface area contributed by atoms with Crippen LogP contribution in [0.25, 0.3) is 0 Å². The molecule has 0 aromatic heterocycles. The molecule has 2 amide bonds. The Morgan fingerprint density at radius 3 is 1.42 bits per heavy atom. The summed E-state index contributed by atoms with van der Waals surface area (Å²) in [6.07, 6.45) is -0.903. The fourth-order valence-corrected chi connectivity index (χ4v) is 0.646. The number of hydrogen-bond acceptors (Lipinski definition) is 3. The second-order valence-corrected chi connectivity index (χ2v) is 2.44. The fraction of sp³-hybridized carbons (Fsp3) is 0.571. The van der Waals surface area contributed by atoms with Gasteiger partial charge in [0.2, 0.25) is 11.8 Å². The lowest BCUT2D eigenvalue weighted by atomic mass is 10.3. The second-order valence-electron chi connectivity index (χ2n) is 2.44. The molecule has 5 heteroatoms. The van der Waals surface area contributed by atoms with Gasteiger partial charge in [0, 0.05) is 13.8 Å². The fourth-order valence-electron chi connectivity index (χ4n) is 0.646. The van der Waals surface area contributed by atoms with Gasteiger partial charge in [0.1, 0.15) is 0 Å². The third kappa shape index (κ3) is 4.43. The Kier molecular flexibility index (Phi) is 3.96. The number of hydrogen-bond donors (Lipinski definition) is 2. The molecule has 0 heterocycles. The van der Waals surface area contributed by atoms with Crippen LogP contribution in [0, 0.1) is 0 Å². The van der Waals surface area contributed by atoms with E-state index in [4.69, 9.17) is 0 Å². The lowest BCUT2D eigenvalue weighted by Gasteiger charge is -2.14. The number of ketones is 1. The maximum absolute atomic E-state index is 10.8. The maximum atomic E-state index is 10.8. The molecule has 0 fully saturated rings. The van der Waals surface area contributed by atoms with Crippen LogP contribution < -0.4 is 10.6 Å². The summed E-state index contributed by atoms with van der Waals surface area (Å²) in [7, 11) is 0. The van der Waals surface area contributed by atoms with Gasteiger partial charge >= 0.3 is 0 Å². The Morgan fingerprint density at radius 2 is 1.25 bits per heavy atom. The standard InChI is InChI=1S/C7H12N2O3/c1-4(10)7(8-5(2)11)9-6(3)12/h7H,1-3H3,(H,8,11)(H,9,12). The van der Waals surface area contributed by atoms with Gasteiger partial charge in [0.15, 0.2) is 11.9 Å². The van der Waals surface area contributed by atoms with Crippen LogP contribution in [0.4, 0.5) is 0 Å². The van der Waals surface area contributed by atoms with Crippen LogP contribution in [0.3, 0.4) is 0 Å². The summed E-state index contributed by atoms with van der Waals surface area (Å²) in [4.78, 5) is 31.8. The van der Waals surface area contributed by atoms with Gasteiger partial charge in [-0.2, -0.15) is 0 Å².